The van der Waals surface area contributed by atoms with E-state index >= 15 is 0 Å². The molecule has 0 saturated heterocycles. The summed E-state index contributed by atoms with van der Waals surface area (Å²) in [7, 11) is 0. The molecular formula is C10H18F3NO3. The molecule has 0 spiro atoms. The molecule has 4 nitrogen and oxygen atoms in total. The quantitative estimate of drug-likeness (QED) is 0.811. The van der Waals surface area contributed by atoms with Gasteiger partial charge in [-0.25, -0.2) is 4.79 Å². The van der Waals surface area contributed by atoms with Gasteiger partial charge in [0.05, 0.1) is 6.10 Å². The number of amides is 1. The summed E-state index contributed by atoms with van der Waals surface area (Å²) in [5, 5.41) is 11.4. The Morgan fingerprint density at radius 2 is 1.88 bits per heavy atom. The van der Waals surface area contributed by atoms with E-state index in [0.29, 0.717) is 0 Å². The molecule has 0 aliphatic carbocycles. The van der Waals surface area contributed by atoms with Crippen molar-refractivity contribution in [2.75, 3.05) is 6.54 Å². The van der Waals surface area contributed by atoms with Gasteiger partial charge >= 0.3 is 12.3 Å². The zero-order valence-corrected chi connectivity index (χ0v) is 10.1. The normalized spacial score (nSPS) is 14.3. The van der Waals surface area contributed by atoms with Crippen molar-refractivity contribution < 1.29 is 27.8 Å². The van der Waals surface area contributed by atoms with E-state index in [9.17, 15) is 23.1 Å². The van der Waals surface area contributed by atoms with Crippen molar-refractivity contribution >= 4 is 6.09 Å². The van der Waals surface area contributed by atoms with E-state index in [1.165, 1.54) is 0 Å². The summed E-state index contributed by atoms with van der Waals surface area (Å²) in [6.07, 6.45) is -7.82. The van der Waals surface area contributed by atoms with E-state index in [4.69, 9.17) is 4.74 Å². The van der Waals surface area contributed by atoms with Crippen LogP contribution in [0.15, 0.2) is 0 Å². The van der Waals surface area contributed by atoms with Crippen molar-refractivity contribution in [1.29, 1.82) is 0 Å². The SMILES string of the molecule is CC(C)(C)OC(=O)NCC(O)CCC(F)(F)F. The summed E-state index contributed by atoms with van der Waals surface area (Å²) < 4.78 is 40.3. The number of carbonyl (C=O) groups excluding carboxylic acids is 1. The van der Waals surface area contributed by atoms with Crippen LogP contribution in [0.4, 0.5) is 18.0 Å². The largest absolute Gasteiger partial charge is 0.444 e. The van der Waals surface area contributed by atoms with Crippen LogP contribution in [0.3, 0.4) is 0 Å². The lowest BCUT2D eigenvalue weighted by atomic mass is 10.2. The number of carbonyl (C=O) groups is 1. The van der Waals surface area contributed by atoms with Crippen LogP contribution in [0.5, 0.6) is 0 Å². The maximum atomic E-state index is 11.8. The van der Waals surface area contributed by atoms with Gasteiger partial charge < -0.3 is 15.2 Å². The minimum absolute atomic E-state index is 0.259. The number of aliphatic hydroxyl groups excluding tert-OH is 1. The predicted octanol–water partition coefficient (Wildman–Crippen LogP) is 2.21. The Labute approximate surface area is 98.1 Å². The summed E-state index contributed by atoms with van der Waals surface area (Å²) in [5.41, 5.74) is -0.680. The molecule has 0 bridgehead atoms. The van der Waals surface area contributed by atoms with Gasteiger partial charge in [0.15, 0.2) is 0 Å². The van der Waals surface area contributed by atoms with Gasteiger partial charge in [-0.15, -0.1) is 0 Å². The zero-order valence-electron chi connectivity index (χ0n) is 10.1. The molecule has 102 valence electrons. The molecule has 0 aliphatic heterocycles. The number of hydrogen-bond acceptors (Lipinski definition) is 3. The minimum atomic E-state index is -4.30. The highest BCUT2D eigenvalue weighted by Gasteiger charge is 2.28. The topological polar surface area (TPSA) is 58.6 Å². The van der Waals surface area contributed by atoms with E-state index in [-0.39, 0.29) is 6.54 Å². The van der Waals surface area contributed by atoms with Crippen LogP contribution < -0.4 is 5.32 Å². The molecule has 7 heteroatoms. The molecule has 17 heavy (non-hydrogen) atoms. The maximum Gasteiger partial charge on any atom is 0.407 e. The molecule has 0 heterocycles. The van der Waals surface area contributed by atoms with Crippen LogP contribution >= 0.6 is 0 Å². The van der Waals surface area contributed by atoms with Crippen molar-refractivity contribution in [3.63, 3.8) is 0 Å². The van der Waals surface area contributed by atoms with Gasteiger partial charge in [0.25, 0.3) is 0 Å². The summed E-state index contributed by atoms with van der Waals surface area (Å²) in [4.78, 5) is 11.1. The van der Waals surface area contributed by atoms with Gasteiger partial charge in [-0.3, -0.25) is 0 Å². The molecular weight excluding hydrogens is 239 g/mol. The van der Waals surface area contributed by atoms with Crippen molar-refractivity contribution in [2.24, 2.45) is 0 Å². The van der Waals surface area contributed by atoms with Gasteiger partial charge in [-0.1, -0.05) is 0 Å². The second-order valence-corrected chi connectivity index (χ2v) is 4.69. The summed E-state index contributed by atoms with van der Waals surface area (Å²) in [6, 6.07) is 0. The van der Waals surface area contributed by atoms with Crippen LogP contribution in [0.2, 0.25) is 0 Å². The fourth-order valence-electron chi connectivity index (χ4n) is 0.948. The Bertz CT molecular complexity index is 248. The lowest BCUT2D eigenvalue weighted by Crippen LogP contribution is -2.37. The predicted molar refractivity (Wildman–Crippen MR) is 55.5 cm³/mol. The lowest BCUT2D eigenvalue weighted by molar-refractivity contribution is -0.139. The molecule has 0 saturated carbocycles. The van der Waals surface area contributed by atoms with Gasteiger partial charge in [-0.05, 0) is 27.2 Å². The monoisotopic (exact) mass is 257 g/mol. The first-order valence-corrected chi connectivity index (χ1v) is 5.21. The highest BCUT2D eigenvalue weighted by molar-refractivity contribution is 5.67. The number of nitrogens with one attached hydrogen (secondary N) is 1. The molecule has 0 aromatic rings. The first-order chi connectivity index (χ1) is 7.49. The third-order valence-electron chi connectivity index (χ3n) is 1.64. The second kappa shape index (κ2) is 6.09. The smallest absolute Gasteiger partial charge is 0.407 e. The Balaban J connectivity index is 3.77. The number of halogens is 3. The number of aliphatic hydroxyl groups is 1. The number of alkyl carbamates (subject to hydrolysis) is 1. The van der Waals surface area contributed by atoms with E-state index in [1.807, 2.05) is 0 Å². The molecule has 0 aliphatic rings. The Kier molecular flexibility index (Phi) is 5.74. The van der Waals surface area contributed by atoms with Crippen LogP contribution in [-0.4, -0.2) is 35.6 Å². The molecule has 0 aromatic heterocycles. The fraction of sp³-hybridized carbons (Fsp3) is 0.900. The Hall–Kier alpha value is -0.980. The van der Waals surface area contributed by atoms with Crippen LogP contribution in [-0.2, 0) is 4.74 Å². The van der Waals surface area contributed by atoms with Crippen molar-refractivity contribution in [1.82, 2.24) is 5.32 Å². The van der Waals surface area contributed by atoms with E-state index in [1.54, 1.807) is 20.8 Å². The van der Waals surface area contributed by atoms with Crippen molar-refractivity contribution in [3.05, 3.63) is 0 Å². The van der Waals surface area contributed by atoms with Crippen molar-refractivity contribution in [3.8, 4) is 0 Å². The van der Waals surface area contributed by atoms with Gasteiger partial charge in [0, 0.05) is 13.0 Å². The third-order valence-corrected chi connectivity index (χ3v) is 1.64. The van der Waals surface area contributed by atoms with Gasteiger partial charge in [0.2, 0.25) is 0 Å². The molecule has 0 aromatic carbocycles. The fourth-order valence-corrected chi connectivity index (χ4v) is 0.948. The lowest BCUT2D eigenvalue weighted by Gasteiger charge is -2.20. The average molecular weight is 257 g/mol. The third kappa shape index (κ3) is 11.3. The summed E-state index contributed by atoms with van der Waals surface area (Å²) in [5.74, 6) is 0. The number of hydrogen-bond donors (Lipinski definition) is 2. The standard InChI is InChI=1S/C10H18F3NO3/c1-9(2,3)17-8(16)14-6-7(15)4-5-10(11,12)13/h7,15H,4-6H2,1-3H3,(H,14,16). The van der Waals surface area contributed by atoms with Crippen LogP contribution in [0.1, 0.15) is 33.6 Å². The van der Waals surface area contributed by atoms with Crippen LogP contribution in [0, 0.1) is 0 Å². The molecule has 2 N–H and O–H groups in total. The molecule has 1 atom stereocenters. The number of rotatable bonds is 4. The summed E-state index contributed by atoms with van der Waals surface area (Å²) in [6.45, 7) is 4.72. The minimum Gasteiger partial charge on any atom is -0.444 e. The molecule has 0 fully saturated rings. The van der Waals surface area contributed by atoms with E-state index in [2.05, 4.69) is 5.32 Å². The molecule has 1 unspecified atom stereocenters. The molecule has 0 radical (unpaired) electrons. The second-order valence-electron chi connectivity index (χ2n) is 4.69. The highest BCUT2D eigenvalue weighted by Crippen LogP contribution is 2.22. The van der Waals surface area contributed by atoms with E-state index < -0.39 is 36.8 Å². The zero-order chi connectivity index (χ0) is 13.7. The highest BCUT2D eigenvalue weighted by atomic mass is 19.4. The first-order valence-electron chi connectivity index (χ1n) is 5.21. The van der Waals surface area contributed by atoms with Gasteiger partial charge in [0.1, 0.15) is 5.60 Å². The maximum absolute atomic E-state index is 11.8. The Morgan fingerprint density at radius 1 is 1.35 bits per heavy atom. The van der Waals surface area contributed by atoms with Gasteiger partial charge in [-0.2, -0.15) is 13.2 Å². The van der Waals surface area contributed by atoms with Crippen molar-refractivity contribution in [2.45, 2.75) is 51.5 Å². The van der Waals surface area contributed by atoms with E-state index in [0.717, 1.165) is 0 Å². The van der Waals surface area contributed by atoms with Crippen LogP contribution in [0.25, 0.3) is 0 Å². The average Bonchev–Trinajstić information content (AvgIpc) is 2.07. The molecule has 1 amide bonds. The Morgan fingerprint density at radius 3 is 2.29 bits per heavy atom. The molecule has 0 rings (SSSR count). The number of ether oxygens (including phenoxy) is 1. The first kappa shape index (κ1) is 16.0. The summed E-state index contributed by atoms with van der Waals surface area (Å²) >= 11 is 0. The number of alkyl halides is 3.